The molecule has 3 rings (SSSR count). The molecule has 2 heteroatoms. The topological polar surface area (TPSA) is 19.0 Å². The van der Waals surface area contributed by atoms with Crippen LogP contribution in [0.1, 0.15) is 24.5 Å². The number of hydrogen-bond acceptors (Lipinski definition) is 1. The van der Waals surface area contributed by atoms with Crippen molar-refractivity contribution >= 4 is 16.5 Å². The van der Waals surface area contributed by atoms with E-state index >= 15 is 0 Å². The Balaban J connectivity index is 2.08. The quantitative estimate of drug-likeness (QED) is 0.852. The van der Waals surface area contributed by atoms with Crippen molar-refractivity contribution < 1.29 is 0 Å². The Bertz CT molecular complexity index is 592. The van der Waals surface area contributed by atoms with E-state index < -0.39 is 0 Å². The maximum Gasteiger partial charge on any atom is 0.0460 e. The number of hydrogen-bond donors (Lipinski definition) is 1. The molecule has 1 aliphatic rings. The number of likely N-dealkylation sites (N-methyl/N-ethyl adjacent to an activating group) is 1. The molecule has 18 heavy (non-hydrogen) atoms. The molecular weight excluding hydrogens is 220 g/mol. The predicted molar refractivity (Wildman–Crippen MR) is 77.8 cm³/mol. The highest BCUT2D eigenvalue weighted by Crippen LogP contribution is 2.28. The zero-order valence-corrected chi connectivity index (χ0v) is 11.2. The van der Waals surface area contributed by atoms with E-state index in [1.807, 2.05) is 0 Å². The molecule has 0 saturated carbocycles. The second kappa shape index (κ2) is 4.62. The van der Waals surface area contributed by atoms with Crippen LogP contribution in [-0.2, 0) is 6.42 Å². The number of aromatic amines is 1. The molecule has 2 aromatic rings. The standard InChI is InChI=1S/C16H20N2/c1-3-12-6-7-16-14(9-12)15(10-17-16)13-5-4-8-18(2)11-13/h5-7,9-10,17H,3-4,8,11H2,1-2H3. The largest absolute Gasteiger partial charge is 0.361 e. The van der Waals surface area contributed by atoms with Crippen molar-refractivity contribution in [3.05, 3.63) is 41.6 Å². The summed E-state index contributed by atoms with van der Waals surface area (Å²) in [6.45, 7) is 4.44. The third-order valence-corrected chi connectivity index (χ3v) is 3.84. The van der Waals surface area contributed by atoms with Gasteiger partial charge in [-0.3, -0.25) is 0 Å². The van der Waals surface area contributed by atoms with Crippen LogP contribution in [0.25, 0.3) is 16.5 Å². The fraction of sp³-hybridized carbons (Fsp3) is 0.375. The molecule has 1 aliphatic heterocycles. The highest BCUT2D eigenvalue weighted by Gasteiger charge is 2.14. The smallest absolute Gasteiger partial charge is 0.0460 e. The Morgan fingerprint density at radius 3 is 3.00 bits per heavy atom. The van der Waals surface area contributed by atoms with Crippen LogP contribution >= 0.6 is 0 Å². The Hall–Kier alpha value is -1.54. The van der Waals surface area contributed by atoms with E-state index in [0.29, 0.717) is 0 Å². The molecule has 0 radical (unpaired) electrons. The average Bonchev–Trinajstić information content (AvgIpc) is 2.81. The summed E-state index contributed by atoms with van der Waals surface area (Å²) < 4.78 is 0. The summed E-state index contributed by atoms with van der Waals surface area (Å²) in [5, 5.41) is 1.37. The van der Waals surface area contributed by atoms with Gasteiger partial charge in [0.15, 0.2) is 0 Å². The van der Waals surface area contributed by atoms with Gasteiger partial charge in [-0.15, -0.1) is 0 Å². The van der Waals surface area contributed by atoms with Crippen molar-refractivity contribution in [3.8, 4) is 0 Å². The lowest BCUT2D eigenvalue weighted by atomic mass is 9.99. The van der Waals surface area contributed by atoms with Gasteiger partial charge in [0.25, 0.3) is 0 Å². The van der Waals surface area contributed by atoms with Gasteiger partial charge < -0.3 is 9.88 Å². The molecule has 0 aliphatic carbocycles. The van der Waals surface area contributed by atoms with E-state index in [0.717, 1.165) is 19.4 Å². The predicted octanol–water partition coefficient (Wildman–Crippen LogP) is 3.45. The summed E-state index contributed by atoms with van der Waals surface area (Å²) in [6.07, 6.45) is 6.81. The number of benzene rings is 1. The lowest BCUT2D eigenvalue weighted by molar-refractivity contribution is 0.373. The summed E-state index contributed by atoms with van der Waals surface area (Å²) >= 11 is 0. The first-order valence-corrected chi connectivity index (χ1v) is 6.76. The molecule has 1 aromatic heterocycles. The van der Waals surface area contributed by atoms with Crippen molar-refractivity contribution in [2.75, 3.05) is 20.1 Å². The molecule has 0 bridgehead atoms. The maximum atomic E-state index is 3.39. The van der Waals surface area contributed by atoms with Crippen molar-refractivity contribution in [2.24, 2.45) is 0 Å². The Morgan fingerprint density at radius 1 is 1.33 bits per heavy atom. The number of nitrogens with one attached hydrogen (secondary N) is 1. The summed E-state index contributed by atoms with van der Waals surface area (Å²) in [6, 6.07) is 6.74. The normalized spacial score (nSPS) is 17.1. The van der Waals surface area contributed by atoms with E-state index in [-0.39, 0.29) is 0 Å². The van der Waals surface area contributed by atoms with E-state index in [1.54, 1.807) is 0 Å². The zero-order valence-electron chi connectivity index (χ0n) is 11.2. The second-order valence-electron chi connectivity index (χ2n) is 5.19. The fourth-order valence-corrected chi connectivity index (χ4v) is 2.74. The van der Waals surface area contributed by atoms with Crippen molar-refractivity contribution in [2.45, 2.75) is 19.8 Å². The minimum Gasteiger partial charge on any atom is -0.361 e. The molecular formula is C16H20N2. The van der Waals surface area contributed by atoms with Crippen LogP contribution in [0.2, 0.25) is 0 Å². The number of fused-ring (bicyclic) bond motifs is 1. The molecule has 1 N–H and O–H groups in total. The van der Waals surface area contributed by atoms with Gasteiger partial charge in [-0.1, -0.05) is 19.1 Å². The van der Waals surface area contributed by atoms with Gasteiger partial charge >= 0.3 is 0 Å². The first kappa shape index (κ1) is 11.5. The van der Waals surface area contributed by atoms with Crippen LogP contribution in [-0.4, -0.2) is 30.0 Å². The van der Waals surface area contributed by atoms with Gasteiger partial charge in [0.05, 0.1) is 0 Å². The summed E-state index contributed by atoms with van der Waals surface area (Å²) in [5.41, 5.74) is 5.50. The van der Waals surface area contributed by atoms with Gasteiger partial charge in [0, 0.05) is 35.8 Å². The number of aryl methyl sites for hydroxylation is 1. The first-order chi connectivity index (χ1) is 8.78. The molecule has 0 atom stereocenters. The van der Waals surface area contributed by atoms with Gasteiger partial charge in [0.1, 0.15) is 0 Å². The third kappa shape index (κ3) is 1.97. The molecule has 2 heterocycles. The summed E-state index contributed by atoms with van der Waals surface area (Å²) in [7, 11) is 2.19. The van der Waals surface area contributed by atoms with Crippen LogP contribution < -0.4 is 0 Å². The molecule has 0 saturated heterocycles. The first-order valence-electron chi connectivity index (χ1n) is 6.76. The number of nitrogens with zero attached hydrogens (tertiary/aromatic N) is 1. The van der Waals surface area contributed by atoms with Crippen molar-refractivity contribution in [1.82, 2.24) is 9.88 Å². The van der Waals surface area contributed by atoms with Crippen molar-refractivity contribution in [3.63, 3.8) is 0 Å². The highest BCUT2D eigenvalue weighted by molar-refractivity contribution is 5.93. The van der Waals surface area contributed by atoms with Gasteiger partial charge in [-0.2, -0.15) is 0 Å². The molecule has 0 unspecified atom stereocenters. The number of H-pyrrole nitrogens is 1. The average molecular weight is 240 g/mol. The molecule has 0 amide bonds. The minimum atomic E-state index is 1.06. The van der Waals surface area contributed by atoms with Gasteiger partial charge in [0.2, 0.25) is 0 Å². The van der Waals surface area contributed by atoms with Crippen LogP contribution in [0.15, 0.2) is 30.5 Å². The molecule has 2 nitrogen and oxygen atoms in total. The van der Waals surface area contributed by atoms with Crippen LogP contribution in [0.5, 0.6) is 0 Å². The fourth-order valence-electron chi connectivity index (χ4n) is 2.74. The molecule has 0 fully saturated rings. The lowest BCUT2D eigenvalue weighted by Gasteiger charge is -2.22. The van der Waals surface area contributed by atoms with Crippen LogP contribution in [0.3, 0.4) is 0 Å². The van der Waals surface area contributed by atoms with Crippen LogP contribution in [0, 0.1) is 0 Å². The van der Waals surface area contributed by atoms with Gasteiger partial charge in [-0.05, 0) is 43.2 Å². The maximum absolute atomic E-state index is 3.39. The number of aromatic nitrogens is 1. The summed E-state index contributed by atoms with van der Waals surface area (Å²) in [5.74, 6) is 0. The lowest BCUT2D eigenvalue weighted by Crippen LogP contribution is -2.24. The third-order valence-electron chi connectivity index (χ3n) is 3.84. The molecule has 1 aromatic carbocycles. The van der Waals surface area contributed by atoms with E-state index in [4.69, 9.17) is 0 Å². The van der Waals surface area contributed by atoms with E-state index in [1.165, 1.54) is 34.1 Å². The van der Waals surface area contributed by atoms with Crippen molar-refractivity contribution in [1.29, 1.82) is 0 Å². The Morgan fingerprint density at radius 2 is 2.22 bits per heavy atom. The zero-order chi connectivity index (χ0) is 12.5. The minimum absolute atomic E-state index is 1.06. The van der Waals surface area contributed by atoms with E-state index in [2.05, 4.69) is 54.3 Å². The Kier molecular flexibility index (Phi) is 2.96. The SMILES string of the molecule is CCc1ccc2[nH]cc(C3=CCCN(C)C3)c2c1. The second-order valence-corrected chi connectivity index (χ2v) is 5.19. The Labute approximate surface area is 108 Å². The molecule has 94 valence electrons. The number of rotatable bonds is 2. The van der Waals surface area contributed by atoms with Gasteiger partial charge in [-0.25, -0.2) is 0 Å². The summed E-state index contributed by atoms with van der Waals surface area (Å²) in [4.78, 5) is 5.78. The highest BCUT2D eigenvalue weighted by atomic mass is 15.1. The monoisotopic (exact) mass is 240 g/mol. The molecule has 0 spiro atoms. The van der Waals surface area contributed by atoms with Crippen LogP contribution in [0.4, 0.5) is 0 Å². The van der Waals surface area contributed by atoms with E-state index in [9.17, 15) is 0 Å².